The Morgan fingerprint density at radius 3 is 2.67 bits per heavy atom. The highest BCUT2D eigenvalue weighted by Gasteiger charge is 2.28. The van der Waals surface area contributed by atoms with E-state index in [1.54, 1.807) is 18.7 Å². The summed E-state index contributed by atoms with van der Waals surface area (Å²) in [5.41, 5.74) is 7.62. The number of anilines is 1. The number of benzene rings is 2. The summed E-state index contributed by atoms with van der Waals surface area (Å²) < 4.78 is 31.5. The van der Waals surface area contributed by atoms with Crippen LogP contribution in [0.2, 0.25) is 0 Å². The molecule has 2 aliphatic rings. The van der Waals surface area contributed by atoms with Crippen LogP contribution in [-0.2, 0) is 16.4 Å². The molecule has 0 saturated carbocycles. The molecule has 2 aliphatic heterocycles. The van der Waals surface area contributed by atoms with Crippen molar-refractivity contribution in [2.45, 2.75) is 20.3 Å². The van der Waals surface area contributed by atoms with E-state index in [0.29, 0.717) is 18.9 Å². The molecule has 0 aromatic heterocycles. The van der Waals surface area contributed by atoms with E-state index in [2.05, 4.69) is 21.6 Å². The number of nitrogens with zero attached hydrogens (tertiary/aromatic N) is 3. The largest absolute Gasteiger partial charge is 0.494 e. The summed E-state index contributed by atoms with van der Waals surface area (Å²) in [5, 5.41) is 5.23. The first-order valence-electron chi connectivity index (χ1n) is 9.91. The van der Waals surface area contributed by atoms with Crippen molar-refractivity contribution in [3.05, 3.63) is 53.6 Å². The molecule has 0 spiro atoms. The Labute approximate surface area is 181 Å². The molecule has 0 radical (unpaired) electrons. The minimum Gasteiger partial charge on any atom is -0.494 e. The molecule has 30 heavy (non-hydrogen) atoms. The van der Waals surface area contributed by atoms with Crippen molar-refractivity contribution in [2.24, 2.45) is 10.1 Å². The van der Waals surface area contributed by atoms with Gasteiger partial charge in [-0.1, -0.05) is 17.8 Å². The quantitative estimate of drug-likeness (QED) is 0.737. The zero-order chi connectivity index (χ0) is 21.1. The fourth-order valence-electron chi connectivity index (χ4n) is 3.42. The molecule has 0 aliphatic carbocycles. The van der Waals surface area contributed by atoms with Gasteiger partial charge < -0.3 is 4.74 Å². The molecule has 0 fully saturated rings. The van der Waals surface area contributed by atoms with Crippen LogP contribution in [0.15, 0.2) is 52.6 Å². The molecule has 2 aromatic rings. The van der Waals surface area contributed by atoms with Gasteiger partial charge in [0, 0.05) is 12.3 Å². The van der Waals surface area contributed by atoms with Gasteiger partial charge in [-0.05, 0) is 67.8 Å². The smallest absolute Gasteiger partial charge is 0.234 e. The molecule has 4 rings (SSSR count). The number of hydrogen-bond acceptors (Lipinski definition) is 6. The lowest BCUT2D eigenvalue weighted by molar-refractivity contribution is 0.340. The van der Waals surface area contributed by atoms with Crippen molar-refractivity contribution in [1.82, 2.24) is 5.43 Å². The lowest BCUT2D eigenvalue weighted by Crippen LogP contribution is -2.30. The third-order valence-electron chi connectivity index (χ3n) is 4.98. The monoisotopic (exact) mass is 444 g/mol. The van der Waals surface area contributed by atoms with Crippen molar-refractivity contribution in [2.75, 3.05) is 29.0 Å². The van der Waals surface area contributed by atoms with Crippen LogP contribution in [0.3, 0.4) is 0 Å². The van der Waals surface area contributed by atoms with E-state index >= 15 is 0 Å². The average Bonchev–Trinajstić information content (AvgIpc) is 3.20. The molecule has 9 heteroatoms. The van der Waals surface area contributed by atoms with Crippen LogP contribution < -0.4 is 14.5 Å². The summed E-state index contributed by atoms with van der Waals surface area (Å²) >= 11 is 1.59. The van der Waals surface area contributed by atoms with E-state index in [9.17, 15) is 8.42 Å². The normalized spacial score (nSPS) is 17.5. The molecule has 2 heterocycles. The average molecular weight is 445 g/mol. The molecule has 0 atom stereocenters. The number of nitrogens with one attached hydrogen (secondary N) is 1. The van der Waals surface area contributed by atoms with Gasteiger partial charge in [0.05, 0.1) is 29.4 Å². The SMILES string of the molecule is CCOc1ccc(N=C2NN=C(c3ccc4c(c3)CCN4S(=O)(=O)CC)CS2)cc1. The number of sulfonamides is 1. The van der Waals surface area contributed by atoms with Gasteiger partial charge in [-0.2, -0.15) is 5.10 Å². The summed E-state index contributed by atoms with van der Waals surface area (Å²) in [6.07, 6.45) is 0.723. The molecule has 1 N–H and O–H groups in total. The summed E-state index contributed by atoms with van der Waals surface area (Å²) in [6, 6.07) is 13.5. The molecule has 7 nitrogen and oxygen atoms in total. The van der Waals surface area contributed by atoms with Gasteiger partial charge in [-0.15, -0.1) is 0 Å². The van der Waals surface area contributed by atoms with Gasteiger partial charge >= 0.3 is 0 Å². The Balaban J connectivity index is 1.47. The lowest BCUT2D eigenvalue weighted by Gasteiger charge is -2.19. The second-order valence-electron chi connectivity index (χ2n) is 6.87. The van der Waals surface area contributed by atoms with Gasteiger partial charge in [0.15, 0.2) is 5.17 Å². The van der Waals surface area contributed by atoms with E-state index in [-0.39, 0.29) is 5.75 Å². The minimum atomic E-state index is -3.23. The van der Waals surface area contributed by atoms with Crippen LogP contribution in [0, 0.1) is 0 Å². The standard InChI is InChI=1S/C21H24N4O3S2/c1-3-28-18-8-6-17(7-9-18)22-21-24-23-19(14-29-21)15-5-10-20-16(13-15)11-12-25(20)30(26,27)4-2/h5-10,13H,3-4,11-12,14H2,1-2H3,(H,22,24). The number of ether oxygens (including phenoxy) is 1. The number of thioether (sulfide) groups is 1. The van der Waals surface area contributed by atoms with Crippen LogP contribution in [-0.4, -0.2) is 44.0 Å². The number of amidine groups is 1. The first-order valence-corrected chi connectivity index (χ1v) is 12.5. The zero-order valence-electron chi connectivity index (χ0n) is 17.0. The van der Waals surface area contributed by atoms with Crippen molar-refractivity contribution < 1.29 is 13.2 Å². The fraction of sp³-hybridized carbons (Fsp3) is 0.333. The first kappa shape index (κ1) is 20.7. The number of hydrogen-bond donors (Lipinski definition) is 1. The second-order valence-corrected chi connectivity index (χ2v) is 10.0. The van der Waals surface area contributed by atoms with E-state index in [1.807, 2.05) is 43.3 Å². The van der Waals surface area contributed by atoms with E-state index in [4.69, 9.17) is 4.74 Å². The maximum atomic E-state index is 12.3. The molecular formula is C21H24N4O3S2. The predicted octanol–water partition coefficient (Wildman–Crippen LogP) is 3.53. The van der Waals surface area contributed by atoms with Crippen LogP contribution in [0.5, 0.6) is 5.75 Å². The minimum absolute atomic E-state index is 0.109. The fourth-order valence-corrected chi connectivity index (χ4v) is 5.36. The highest BCUT2D eigenvalue weighted by atomic mass is 32.2. The van der Waals surface area contributed by atoms with Gasteiger partial charge in [-0.3, -0.25) is 9.73 Å². The Morgan fingerprint density at radius 2 is 2.00 bits per heavy atom. The van der Waals surface area contributed by atoms with Crippen molar-refractivity contribution >= 4 is 44.0 Å². The lowest BCUT2D eigenvalue weighted by atomic mass is 10.1. The van der Waals surface area contributed by atoms with Crippen molar-refractivity contribution in [1.29, 1.82) is 0 Å². The Kier molecular flexibility index (Phi) is 6.01. The molecule has 0 saturated heterocycles. The van der Waals surface area contributed by atoms with Crippen molar-refractivity contribution in [3.8, 4) is 5.75 Å². The Hall–Kier alpha value is -2.52. The van der Waals surface area contributed by atoms with Gasteiger partial charge in [-0.25, -0.2) is 13.4 Å². The van der Waals surface area contributed by atoms with Crippen molar-refractivity contribution in [3.63, 3.8) is 0 Å². The third kappa shape index (κ3) is 4.32. The predicted molar refractivity (Wildman–Crippen MR) is 124 cm³/mol. The topological polar surface area (TPSA) is 83.4 Å². The molecule has 0 amide bonds. The summed E-state index contributed by atoms with van der Waals surface area (Å²) in [7, 11) is -3.23. The molecule has 158 valence electrons. The maximum absolute atomic E-state index is 12.3. The van der Waals surface area contributed by atoms with Gasteiger partial charge in [0.2, 0.25) is 10.0 Å². The summed E-state index contributed by atoms with van der Waals surface area (Å²) in [6.45, 7) is 4.77. The molecule has 2 aromatic carbocycles. The second kappa shape index (κ2) is 8.69. The molecule has 0 bridgehead atoms. The van der Waals surface area contributed by atoms with E-state index in [0.717, 1.165) is 45.6 Å². The summed E-state index contributed by atoms with van der Waals surface area (Å²) in [5.74, 6) is 1.63. The number of rotatable bonds is 6. The van der Waals surface area contributed by atoms with E-state index < -0.39 is 10.0 Å². The van der Waals surface area contributed by atoms with Crippen LogP contribution in [0.25, 0.3) is 0 Å². The van der Waals surface area contributed by atoms with E-state index in [1.165, 1.54) is 4.31 Å². The summed E-state index contributed by atoms with van der Waals surface area (Å²) in [4.78, 5) is 4.58. The van der Waals surface area contributed by atoms with Gasteiger partial charge in [0.25, 0.3) is 0 Å². The number of aliphatic imine (C=N–C) groups is 1. The molecular weight excluding hydrogens is 420 g/mol. The van der Waals surface area contributed by atoms with Gasteiger partial charge in [0.1, 0.15) is 5.75 Å². The zero-order valence-corrected chi connectivity index (χ0v) is 18.6. The molecule has 0 unspecified atom stereocenters. The first-order chi connectivity index (χ1) is 14.5. The number of fused-ring (bicyclic) bond motifs is 1. The van der Waals surface area contributed by atoms with Crippen LogP contribution in [0.4, 0.5) is 11.4 Å². The van der Waals surface area contributed by atoms with Crippen LogP contribution in [0.1, 0.15) is 25.0 Å². The third-order valence-corrected chi connectivity index (χ3v) is 7.63. The maximum Gasteiger partial charge on any atom is 0.234 e. The highest BCUT2D eigenvalue weighted by molar-refractivity contribution is 8.14. The van der Waals surface area contributed by atoms with Crippen LogP contribution >= 0.6 is 11.8 Å². The Morgan fingerprint density at radius 1 is 1.20 bits per heavy atom. The highest BCUT2D eigenvalue weighted by Crippen LogP contribution is 2.32. The Bertz CT molecular complexity index is 1100. The number of hydrazone groups is 1.